The Labute approximate surface area is 175 Å². The lowest BCUT2D eigenvalue weighted by atomic mass is 10.1. The molecule has 1 saturated heterocycles. The average molecular weight is 400 g/mol. The molecule has 0 spiro atoms. The highest BCUT2D eigenvalue weighted by molar-refractivity contribution is 5.95. The van der Waals surface area contributed by atoms with Crippen molar-refractivity contribution in [3.05, 3.63) is 77.5 Å². The van der Waals surface area contributed by atoms with Gasteiger partial charge in [0.1, 0.15) is 12.4 Å². The zero-order valence-corrected chi connectivity index (χ0v) is 16.8. The van der Waals surface area contributed by atoms with Crippen LogP contribution in [0.3, 0.4) is 0 Å². The summed E-state index contributed by atoms with van der Waals surface area (Å²) in [4.78, 5) is 17.4. The minimum atomic E-state index is 0.0881. The summed E-state index contributed by atoms with van der Waals surface area (Å²) in [7, 11) is 0. The number of amides is 1. The van der Waals surface area contributed by atoms with Gasteiger partial charge in [-0.15, -0.1) is 0 Å². The molecule has 1 amide bonds. The van der Waals surface area contributed by atoms with E-state index in [0.29, 0.717) is 6.61 Å². The van der Waals surface area contributed by atoms with Crippen LogP contribution in [-0.2, 0) is 0 Å². The highest BCUT2D eigenvalue weighted by Crippen LogP contribution is 2.26. The van der Waals surface area contributed by atoms with E-state index in [1.165, 1.54) is 5.57 Å². The van der Waals surface area contributed by atoms with Gasteiger partial charge >= 0.3 is 0 Å². The van der Waals surface area contributed by atoms with Crippen molar-refractivity contribution in [3.63, 3.8) is 0 Å². The zero-order chi connectivity index (χ0) is 20.3. The summed E-state index contributed by atoms with van der Waals surface area (Å²) < 4.78 is 5.87. The Morgan fingerprint density at radius 3 is 2.73 bits per heavy atom. The van der Waals surface area contributed by atoms with Crippen molar-refractivity contribution in [2.75, 3.05) is 39.3 Å². The van der Waals surface area contributed by atoms with Gasteiger partial charge in [0.25, 0.3) is 5.91 Å². The highest BCUT2D eigenvalue weighted by Gasteiger charge is 2.23. The zero-order valence-electron chi connectivity index (χ0n) is 16.8. The molecule has 0 aliphatic carbocycles. The van der Waals surface area contributed by atoms with Crippen LogP contribution in [0.25, 0.3) is 17.3 Å². The van der Waals surface area contributed by atoms with E-state index in [-0.39, 0.29) is 5.91 Å². The van der Waals surface area contributed by atoms with Crippen molar-refractivity contribution in [1.82, 2.24) is 20.0 Å². The number of rotatable bonds is 4. The number of hydrogen-bond donors (Lipinski definition) is 1. The van der Waals surface area contributed by atoms with Gasteiger partial charge in [-0.05, 0) is 35.9 Å². The molecule has 152 valence electrons. The average Bonchev–Trinajstić information content (AvgIpc) is 3.34. The Morgan fingerprint density at radius 2 is 1.90 bits per heavy atom. The lowest BCUT2D eigenvalue weighted by Gasteiger charge is -2.35. The highest BCUT2D eigenvalue weighted by atomic mass is 16.5. The van der Waals surface area contributed by atoms with E-state index in [0.717, 1.165) is 60.9 Å². The maximum absolute atomic E-state index is 13.0. The first-order valence-electron chi connectivity index (χ1n) is 10.3. The van der Waals surface area contributed by atoms with E-state index in [4.69, 9.17) is 4.74 Å². The van der Waals surface area contributed by atoms with Gasteiger partial charge in [0.2, 0.25) is 0 Å². The van der Waals surface area contributed by atoms with Gasteiger partial charge < -0.3 is 9.64 Å². The quantitative estimate of drug-likeness (QED) is 0.730. The van der Waals surface area contributed by atoms with Gasteiger partial charge in [0, 0.05) is 55.6 Å². The molecule has 0 saturated carbocycles. The Balaban J connectivity index is 1.20. The van der Waals surface area contributed by atoms with Crippen LogP contribution in [0.1, 0.15) is 15.9 Å². The van der Waals surface area contributed by atoms with Crippen molar-refractivity contribution in [3.8, 4) is 17.0 Å². The monoisotopic (exact) mass is 400 g/mol. The predicted molar refractivity (Wildman–Crippen MR) is 116 cm³/mol. The standard InChI is InChI=1S/C24H24N4O2/c29-24(21-6-3-5-19(15-21)22-8-9-25-26-22)28-12-10-27(11-13-28)16-18-14-20-4-1-2-7-23(20)30-17-18/h1-9,14-15H,10-13,16-17H2,(H,25,26). The molecule has 1 N–H and O–H groups in total. The maximum atomic E-state index is 13.0. The van der Waals surface area contributed by atoms with Crippen LogP contribution in [0.4, 0.5) is 0 Å². The summed E-state index contributed by atoms with van der Waals surface area (Å²) in [5.74, 6) is 1.04. The second kappa shape index (κ2) is 8.16. The smallest absolute Gasteiger partial charge is 0.253 e. The first-order chi connectivity index (χ1) is 14.8. The van der Waals surface area contributed by atoms with Crippen LogP contribution in [0, 0.1) is 0 Å². The topological polar surface area (TPSA) is 61.5 Å². The Bertz CT molecular complexity index is 1070. The summed E-state index contributed by atoms with van der Waals surface area (Å²) in [6.07, 6.45) is 3.95. The van der Waals surface area contributed by atoms with Gasteiger partial charge in [-0.1, -0.05) is 30.3 Å². The van der Waals surface area contributed by atoms with Crippen LogP contribution in [0.15, 0.2) is 66.4 Å². The number of carbonyl (C=O) groups excluding carboxylic acids is 1. The van der Waals surface area contributed by atoms with E-state index in [1.807, 2.05) is 53.4 Å². The summed E-state index contributed by atoms with van der Waals surface area (Å²) >= 11 is 0. The minimum Gasteiger partial charge on any atom is -0.489 e. The number of fused-ring (bicyclic) bond motifs is 1. The number of hydrogen-bond acceptors (Lipinski definition) is 4. The largest absolute Gasteiger partial charge is 0.489 e. The molecule has 6 nitrogen and oxygen atoms in total. The van der Waals surface area contributed by atoms with E-state index < -0.39 is 0 Å². The molecule has 3 heterocycles. The van der Waals surface area contributed by atoms with Crippen LogP contribution in [0.5, 0.6) is 5.75 Å². The van der Waals surface area contributed by atoms with Crippen LogP contribution >= 0.6 is 0 Å². The van der Waals surface area contributed by atoms with Gasteiger partial charge in [-0.25, -0.2) is 0 Å². The molecular weight excluding hydrogens is 376 g/mol. The second-order valence-corrected chi connectivity index (χ2v) is 7.75. The number of carbonyl (C=O) groups is 1. The normalized spacial score (nSPS) is 16.5. The third-order valence-corrected chi connectivity index (χ3v) is 5.70. The molecule has 30 heavy (non-hydrogen) atoms. The third kappa shape index (κ3) is 3.86. The van der Waals surface area contributed by atoms with Gasteiger partial charge in [0.15, 0.2) is 0 Å². The number of para-hydroxylation sites is 1. The fourth-order valence-corrected chi connectivity index (χ4v) is 4.07. The molecule has 0 unspecified atom stereocenters. The fourth-order valence-electron chi connectivity index (χ4n) is 4.07. The number of nitrogens with zero attached hydrogens (tertiary/aromatic N) is 3. The van der Waals surface area contributed by atoms with E-state index in [1.54, 1.807) is 6.20 Å². The maximum Gasteiger partial charge on any atom is 0.253 e. The first-order valence-corrected chi connectivity index (χ1v) is 10.3. The molecule has 1 aromatic heterocycles. The Hall–Kier alpha value is -3.38. The van der Waals surface area contributed by atoms with Crippen molar-refractivity contribution in [1.29, 1.82) is 0 Å². The van der Waals surface area contributed by atoms with Gasteiger partial charge in [-0.3, -0.25) is 14.8 Å². The molecule has 2 aliphatic heterocycles. The molecule has 6 heteroatoms. The molecular formula is C24H24N4O2. The summed E-state index contributed by atoms with van der Waals surface area (Å²) in [6, 6.07) is 17.8. The third-order valence-electron chi connectivity index (χ3n) is 5.70. The van der Waals surface area contributed by atoms with Crippen molar-refractivity contribution in [2.24, 2.45) is 0 Å². The number of ether oxygens (including phenoxy) is 1. The van der Waals surface area contributed by atoms with Crippen molar-refractivity contribution >= 4 is 12.0 Å². The van der Waals surface area contributed by atoms with Crippen molar-refractivity contribution < 1.29 is 9.53 Å². The SMILES string of the molecule is O=C(c1cccc(-c2ccn[nH]2)c1)N1CCN(CC2=Cc3ccccc3OC2)CC1. The molecule has 0 radical (unpaired) electrons. The van der Waals surface area contributed by atoms with Crippen molar-refractivity contribution in [2.45, 2.75) is 0 Å². The predicted octanol–water partition coefficient (Wildman–Crippen LogP) is 3.31. The first kappa shape index (κ1) is 18.6. The number of H-pyrrole nitrogens is 1. The minimum absolute atomic E-state index is 0.0881. The number of nitrogens with one attached hydrogen (secondary N) is 1. The number of aromatic amines is 1. The number of piperazine rings is 1. The van der Waals surface area contributed by atoms with E-state index >= 15 is 0 Å². The molecule has 3 aromatic rings. The second-order valence-electron chi connectivity index (χ2n) is 7.75. The van der Waals surface area contributed by atoms with Crippen LogP contribution in [0.2, 0.25) is 0 Å². The fraction of sp³-hybridized carbons (Fsp3) is 0.250. The molecule has 0 bridgehead atoms. The number of aromatic nitrogens is 2. The van der Waals surface area contributed by atoms with Crippen LogP contribution < -0.4 is 4.74 Å². The molecule has 2 aliphatic rings. The summed E-state index contributed by atoms with van der Waals surface area (Å²) in [6.45, 7) is 4.72. The lowest BCUT2D eigenvalue weighted by Crippen LogP contribution is -2.49. The van der Waals surface area contributed by atoms with E-state index in [2.05, 4.69) is 27.2 Å². The van der Waals surface area contributed by atoms with Gasteiger partial charge in [-0.2, -0.15) is 5.10 Å². The lowest BCUT2D eigenvalue weighted by molar-refractivity contribution is 0.0645. The number of benzene rings is 2. The van der Waals surface area contributed by atoms with E-state index in [9.17, 15) is 4.79 Å². The molecule has 5 rings (SSSR count). The molecule has 1 fully saturated rings. The van der Waals surface area contributed by atoms with Crippen LogP contribution in [-0.4, -0.2) is 65.2 Å². The molecule has 2 aromatic carbocycles. The molecule has 0 atom stereocenters. The summed E-state index contributed by atoms with van der Waals surface area (Å²) in [5.41, 5.74) is 5.03. The van der Waals surface area contributed by atoms with Gasteiger partial charge in [0.05, 0.1) is 5.69 Å². The Kier molecular flexibility index (Phi) is 5.07. The Morgan fingerprint density at radius 1 is 1.03 bits per heavy atom. The summed E-state index contributed by atoms with van der Waals surface area (Å²) in [5, 5.41) is 6.95.